The zero-order valence-electron chi connectivity index (χ0n) is 16.5. The molecule has 1 N–H and O–H groups in total. The number of amides is 2. The summed E-state index contributed by atoms with van der Waals surface area (Å²) in [6.07, 6.45) is 1.45. The largest absolute Gasteiger partial charge is 0.312 e. The van der Waals surface area contributed by atoms with Crippen LogP contribution >= 0.6 is 11.3 Å². The highest BCUT2D eigenvalue weighted by Gasteiger charge is 2.34. The second-order valence-electron chi connectivity index (χ2n) is 7.22. The molecule has 0 unspecified atom stereocenters. The topological polar surface area (TPSA) is 75.2 Å². The van der Waals surface area contributed by atoms with Crippen molar-refractivity contribution in [3.8, 4) is 0 Å². The van der Waals surface area contributed by atoms with E-state index in [1.54, 1.807) is 17.0 Å². The Morgan fingerprint density at radius 1 is 1.13 bits per heavy atom. The van der Waals surface area contributed by atoms with Crippen LogP contribution in [0.15, 0.2) is 48.5 Å². The third-order valence-corrected chi connectivity index (χ3v) is 6.10. The summed E-state index contributed by atoms with van der Waals surface area (Å²) in [4.78, 5) is 26.5. The third-order valence-electron chi connectivity index (χ3n) is 5.10. The SMILES string of the molecule is CCc1ccc(N2C[C@@H](c3nnc(NC(=O)Cc4ccc(F)cc4)s3)CC2=O)cc1. The first-order valence-corrected chi connectivity index (χ1v) is 10.6. The van der Waals surface area contributed by atoms with Crippen molar-refractivity contribution in [1.82, 2.24) is 10.2 Å². The van der Waals surface area contributed by atoms with E-state index in [4.69, 9.17) is 0 Å². The molecular weight excluding hydrogens is 403 g/mol. The Hall–Kier alpha value is -3.13. The first kappa shape index (κ1) is 20.2. The molecule has 0 spiro atoms. The minimum atomic E-state index is -0.339. The van der Waals surface area contributed by atoms with Crippen LogP contribution in [0.5, 0.6) is 0 Å². The zero-order valence-corrected chi connectivity index (χ0v) is 17.3. The number of halogens is 1. The lowest BCUT2D eigenvalue weighted by Crippen LogP contribution is -2.24. The van der Waals surface area contributed by atoms with Crippen molar-refractivity contribution < 1.29 is 14.0 Å². The maximum Gasteiger partial charge on any atom is 0.230 e. The summed E-state index contributed by atoms with van der Waals surface area (Å²) in [6.45, 7) is 2.64. The van der Waals surface area contributed by atoms with Crippen molar-refractivity contribution >= 4 is 34.0 Å². The van der Waals surface area contributed by atoms with Crippen LogP contribution in [-0.2, 0) is 22.4 Å². The van der Waals surface area contributed by atoms with Crippen molar-refractivity contribution in [3.63, 3.8) is 0 Å². The molecule has 1 aliphatic rings. The van der Waals surface area contributed by atoms with Crippen LogP contribution in [0.2, 0.25) is 0 Å². The van der Waals surface area contributed by atoms with E-state index in [-0.39, 0.29) is 30.0 Å². The van der Waals surface area contributed by atoms with Gasteiger partial charge in [0.25, 0.3) is 0 Å². The number of hydrogen-bond donors (Lipinski definition) is 1. The molecule has 154 valence electrons. The molecule has 2 amide bonds. The Labute approximate surface area is 177 Å². The van der Waals surface area contributed by atoms with E-state index < -0.39 is 0 Å². The summed E-state index contributed by atoms with van der Waals surface area (Å²) >= 11 is 1.28. The van der Waals surface area contributed by atoms with E-state index in [0.29, 0.717) is 23.7 Å². The molecule has 1 aliphatic heterocycles. The number of nitrogens with one attached hydrogen (secondary N) is 1. The molecule has 0 aliphatic carbocycles. The van der Waals surface area contributed by atoms with Gasteiger partial charge in [0.2, 0.25) is 16.9 Å². The number of aromatic nitrogens is 2. The van der Waals surface area contributed by atoms with E-state index in [1.807, 2.05) is 24.3 Å². The van der Waals surface area contributed by atoms with E-state index in [1.165, 1.54) is 29.0 Å². The summed E-state index contributed by atoms with van der Waals surface area (Å²) in [5, 5.41) is 12.1. The van der Waals surface area contributed by atoms with Crippen LogP contribution in [-0.4, -0.2) is 28.6 Å². The van der Waals surface area contributed by atoms with E-state index in [9.17, 15) is 14.0 Å². The fourth-order valence-electron chi connectivity index (χ4n) is 3.44. The summed E-state index contributed by atoms with van der Waals surface area (Å²) in [6, 6.07) is 13.8. The van der Waals surface area contributed by atoms with Gasteiger partial charge in [-0.25, -0.2) is 4.39 Å². The highest BCUT2D eigenvalue weighted by atomic mass is 32.1. The van der Waals surface area contributed by atoms with Crippen LogP contribution in [0.25, 0.3) is 0 Å². The number of anilines is 2. The van der Waals surface area contributed by atoms with Gasteiger partial charge in [0.1, 0.15) is 10.8 Å². The van der Waals surface area contributed by atoms with Crippen LogP contribution in [0, 0.1) is 5.82 Å². The Balaban J connectivity index is 1.38. The minimum Gasteiger partial charge on any atom is -0.312 e. The van der Waals surface area contributed by atoms with Crippen LogP contribution in [0.3, 0.4) is 0 Å². The lowest BCUT2D eigenvalue weighted by Gasteiger charge is -2.16. The lowest BCUT2D eigenvalue weighted by molar-refractivity contribution is -0.117. The van der Waals surface area contributed by atoms with Crippen molar-refractivity contribution in [2.45, 2.75) is 32.1 Å². The highest BCUT2D eigenvalue weighted by molar-refractivity contribution is 7.15. The molecule has 8 heteroatoms. The standard InChI is InChI=1S/C22H21FN4O2S/c1-2-14-5-9-18(10-6-14)27-13-16(12-20(27)29)21-25-26-22(30-21)24-19(28)11-15-3-7-17(23)8-4-15/h3-10,16H,2,11-13H2,1H3,(H,24,26,28)/t16-/m0/s1. The van der Waals surface area contributed by atoms with Gasteiger partial charge in [-0.05, 0) is 41.8 Å². The van der Waals surface area contributed by atoms with E-state index >= 15 is 0 Å². The maximum atomic E-state index is 13.0. The molecule has 1 atom stereocenters. The van der Waals surface area contributed by atoms with Gasteiger partial charge in [-0.1, -0.05) is 42.5 Å². The van der Waals surface area contributed by atoms with Crippen LogP contribution < -0.4 is 10.2 Å². The molecule has 0 saturated carbocycles. The fraction of sp³-hybridized carbons (Fsp3) is 0.273. The highest BCUT2D eigenvalue weighted by Crippen LogP contribution is 2.34. The Morgan fingerprint density at radius 2 is 1.83 bits per heavy atom. The number of carbonyl (C=O) groups is 2. The Morgan fingerprint density at radius 3 is 2.53 bits per heavy atom. The smallest absolute Gasteiger partial charge is 0.230 e. The van der Waals surface area contributed by atoms with Crippen molar-refractivity contribution in [1.29, 1.82) is 0 Å². The van der Waals surface area contributed by atoms with E-state index in [0.717, 1.165) is 17.1 Å². The summed E-state index contributed by atoms with van der Waals surface area (Å²) < 4.78 is 13.0. The van der Waals surface area contributed by atoms with Crippen molar-refractivity contribution in [2.24, 2.45) is 0 Å². The maximum absolute atomic E-state index is 13.0. The average molecular weight is 425 g/mol. The quantitative estimate of drug-likeness (QED) is 0.650. The molecule has 1 fully saturated rings. The fourth-order valence-corrected chi connectivity index (χ4v) is 4.29. The molecule has 1 saturated heterocycles. The van der Waals surface area contributed by atoms with Gasteiger partial charge < -0.3 is 10.2 Å². The predicted molar refractivity (Wildman–Crippen MR) is 114 cm³/mol. The number of hydrogen-bond acceptors (Lipinski definition) is 5. The second kappa shape index (κ2) is 8.71. The predicted octanol–water partition coefficient (Wildman–Crippen LogP) is 3.94. The number of nitrogens with zero attached hydrogens (tertiary/aromatic N) is 3. The summed E-state index contributed by atoms with van der Waals surface area (Å²) in [5.74, 6) is -0.580. The zero-order chi connectivity index (χ0) is 21.1. The Kier molecular flexibility index (Phi) is 5.85. The second-order valence-corrected chi connectivity index (χ2v) is 8.23. The summed E-state index contributed by atoms with van der Waals surface area (Å²) in [7, 11) is 0. The Bertz CT molecular complexity index is 1050. The first-order chi connectivity index (χ1) is 14.5. The number of carbonyl (C=O) groups excluding carboxylic acids is 2. The molecule has 4 rings (SSSR count). The van der Waals surface area contributed by atoms with Gasteiger partial charge in [0.05, 0.1) is 6.42 Å². The molecule has 3 aromatic rings. The molecule has 2 heterocycles. The van der Waals surface area contributed by atoms with E-state index in [2.05, 4.69) is 22.4 Å². The van der Waals surface area contributed by atoms with Gasteiger partial charge in [0, 0.05) is 24.6 Å². The van der Waals surface area contributed by atoms with Gasteiger partial charge in [-0.2, -0.15) is 0 Å². The molecular formula is C22H21FN4O2S. The number of benzene rings is 2. The lowest BCUT2D eigenvalue weighted by atomic mass is 10.1. The molecule has 6 nitrogen and oxygen atoms in total. The van der Waals surface area contributed by atoms with Crippen LogP contribution in [0.1, 0.15) is 35.4 Å². The molecule has 0 bridgehead atoms. The summed E-state index contributed by atoms with van der Waals surface area (Å²) in [5.41, 5.74) is 2.83. The normalized spacial score (nSPS) is 16.1. The molecule has 0 radical (unpaired) electrons. The first-order valence-electron chi connectivity index (χ1n) is 9.79. The van der Waals surface area contributed by atoms with Gasteiger partial charge in [-0.15, -0.1) is 10.2 Å². The third kappa shape index (κ3) is 4.54. The van der Waals surface area contributed by atoms with Crippen LogP contribution in [0.4, 0.5) is 15.2 Å². The van der Waals surface area contributed by atoms with Gasteiger partial charge >= 0.3 is 0 Å². The van der Waals surface area contributed by atoms with Gasteiger partial charge in [0.15, 0.2) is 0 Å². The molecule has 2 aromatic carbocycles. The van der Waals surface area contributed by atoms with Gasteiger partial charge in [-0.3, -0.25) is 9.59 Å². The molecule has 1 aromatic heterocycles. The average Bonchev–Trinajstić information content (AvgIpc) is 3.36. The minimum absolute atomic E-state index is 0.0522. The monoisotopic (exact) mass is 424 g/mol. The number of rotatable bonds is 6. The van der Waals surface area contributed by atoms with Crippen molar-refractivity contribution in [3.05, 3.63) is 70.5 Å². The molecule has 30 heavy (non-hydrogen) atoms. The van der Waals surface area contributed by atoms with Crippen molar-refractivity contribution in [2.75, 3.05) is 16.8 Å². The number of aryl methyl sites for hydroxylation is 1.